The van der Waals surface area contributed by atoms with Crippen LogP contribution in [-0.2, 0) is 0 Å². The predicted molar refractivity (Wildman–Crippen MR) is 286 cm³/mol. The van der Waals surface area contributed by atoms with Crippen LogP contribution in [0, 0.1) is 20.2 Å². The van der Waals surface area contributed by atoms with Gasteiger partial charge in [0.25, 0.3) is 11.4 Å². The van der Waals surface area contributed by atoms with Crippen LogP contribution in [0.2, 0.25) is 0 Å². The zero-order chi connectivity index (χ0) is 46.7. The van der Waals surface area contributed by atoms with E-state index in [9.17, 15) is 20.2 Å². The van der Waals surface area contributed by atoms with E-state index >= 15 is 0 Å². The van der Waals surface area contributed by atoms with Crippen molar-refractivity contribution < 1.29 is 9.85 Å². The molecule has 0 saturated carbocycles. The maximum atomic E-state index is 11.4. The molecule has 66 heavy (non-hydrogen) atoms. The molecule has 6 rings (SSSR count). The lowest BCUT2D eigenvalue weighted by Crippen LogP contribution is -2.25. The van der Waals surface area contributed by atoms with Gasteiger partial charge in [0, 0.05) is 71.6 Å². The van der Waals surface area contributed by atoms with Gasteiger partial charge in [-0.15, -0.1) is 22.7 Å². The predicted octanol–water partition coefficient (Wildman–Crippen LogP) is 16.8. The largest absolute Gasteiger partial charge is 0.372 e. The second-order valence-corrected chi connectivity index (χ2v) is 18.6. The number of nitro benzene ring substituents is 2. The molecular formula is C56H62N4O4S2. The van der Waals surface area contributed by atoms with Crippen molar-refractivity contribution in [1.29, 1.82) is 0 Å². The van der Waals surface area contributed by atoms with E-state index in [1.54, 1.807) is 46.9 Å². The van der Waals surface area contributed by atoms with Gasteiger partial charge in [-0.25, -0.2) is 0 Å². The van der Waals surface area contributed by atoms with Crippen molar-refractivity contribution in [2.45, 2.75) is 79.1 Å². The van der Waals surface area contributed by atoms with E-state index in [0.29, 0.717) is 0 Å². The lowest BCUT2D eigenvalue weighted by Gasteiger charge is -2.24. The average molecular weight is 919 g/mol. The molecule has 4 aromatic carbocycles. The van der Waals surface area contributed by atoms with E-state index in [1.165, 1.54) is 87.0 Å². The van der Waals surface area contributed by atoms with Gasteiger partial charge in [-0.2, -0.15) is 0 Å². The maximum Gasteiger partial charge on any atom is 0.269 e. The molecule has 0 saturated heterocycles. The average Bonchev–Trinajstić information content (AvgIpc) is 3.95. The molecule has 2 heterocycles. The standard InChI is InChI=1S/C56H62N4O4S2/c1-5-9-37-57(38-10-6-2)49-27-15-45(16-28-49)23-35-53-41-47(25-13-43-19-31-51(32-20-43)59(61)62)55(65-53)56-48(26-14-44-21-33-52(34-22-44)60(63)64)42-54(66-56)36-24-46-17-29-50(30-18-46)58(39-11-7-3)40-12-8-4/h13-36,41-42H,5-12,37-40H2,1-4H3/b25-13+,26-14+,35-23+,36-24+. The topological polar surface area (TPSA) is 92.8 Å². The summed E-state index contributed by atoms with van der Waals surface area (Å²) < 4.78 is 0. The number of unbranched alkanes of at least 4 members (excludes halogenated alkanes) is 4. The number of hydrogen-bond donors (Lipinski definition) is 0. The molecule has 0 aliphatic heterocycles. The summed E-state index contributed by atoms with van der Waals surface area (Å²) in [4.78, 5) is 31.4. The van der Waals surface area contributed by atoms with Gasteiger partial charge in [-0.1, -0.05) is 114 Å². The lowest BCUT2D eigenvalue weighted by molar-refractivity contribution is -0.385. The highest BCUT2D eigenvalue weighted by Crippen LogP contribution is 2.43. The van der Waals surface area contributed by atoms with Gasteiger partial charge in [0.1, 0.15) is 0 Å². The number of benzene rings is 4. The highest BCUT2D eigenvalue weighted by atomic mass is 32.1. The molecule has 0 aliphatic carbocycles. The first kappa shape index (κ1) is 49.1. The summed E-state index contributed by atoms with van der Waals surface area (Å²) in [7, 11) is 0. The number of non-ortho nitro benzene ring substituents is 2. The van der Waals surface area contributed by atoms with Crippen LogP contribution in [-0.4, -0.2) is 36.0 Å². The number of hydrogen-bond acceptors (Lipinski definition) is 8. The second kappa shape index (κ2) is 25.4. The minimum Gasteiger partial charge on any atom is -0.372 e. The van der Waals surface area contributed by atoms with Gasteiger partial charge in [-0.3, -0.25) is 20.2 Å². The van der Waals surface area contributed by atoms with E-state index in [0.717, 1.165) is 79.1 Å². The van der Waals surface area contributed by atoms with Gasteiger partial charge in [0.05, 0.1) is 19.6 Å². The Morgan fingerprint density at radius 3 is 1.00 bits per heavy atom. The maximum absolute atomic E-state index is 11.4. The van der Waals surface area contributed by atoms with Gasteiger partial charge >= 0.3 is 0 Å². The van der Waals surface area contributed by atoms with Crippen molar-refractivity contribution >= 4 is 94.0 Å². The third-order valence-electron chi connectivity index (χ3n) is 11.4. The molecule has 342 valence electrons. The van der Waals surface area contributed by atoms with Crippen LogP contribution in [0.4, 0.5) is 22.7 Å². The summed E-state index contributed by atoms with van der Waals surface area (Å²) in [5.74, 6) is 0. The summed E-state index contributed by atoms with van der Waals surface area (Å²) in [6.07, 6.45) is 26.3. The van der Waals surface area contributed by atoms with Crippen LogP contribution in [0.25, 0.3) is 58.4 Å². The van der Waals surface area contributed by atoms with Crippen molar-refractivity contribution in [2.24, 2.45) is 0 Å². The van der Waals surface area contributed by atoms with Crippen LogP contribution in [0.15, 0.2) is 109 Å². The van der Waals surface area contributed by atoms with Gasteiger partial charge in [0.2, 0.25) is 0 Å². The first-order chi connectivity index (χ1) is 32.2. The summed E-state index contributed by atoms with van der Waals surface area (Å²) in [6.45, 7) is 13.2. The van der Waals surface area contributed by atoms with E-state index in [4.69, 9.17) is 0 Å². The Morgan fingerprint density at radius 1 is 0.424 bits per heavy atom. The van der Waals surface area contributed by atoms with E-state index in [-0.39, 0.29) is 21.2 Å². The molecule has 8 nitrogen and oxygen atoms in total. The van der Waals surface area contributed by atoms with Crippen LogP contribution in [0.1, 0.15) is 122 Å². The number of anilines is 2. The summed E-state index contributed by atoms with van der Waals surface area (Å²) in [5.41, 5.74) is 8.67. The third kappa shape index (κ3) is 14.3. The van der Waals surface area contributed by atoms with E-state index < -0.39 is 0 Å². The Balaban J connectivity index is 1.37. The van der Waals surface area contributed by atoms with E-state index in [2.05, 4.69) is 135 Å². The van der Waals surface area contributed by atoms with Crippen molar-refractivity contribution in [3.63, 3.8) is 0 Å². The molecule has 2 aromatic heterocycles. The minimum atomic E-state index is -0.383. The van der Waals surface area contributed by atoms with Crippen LogP contribution in [0.5, 0.6) is 0 Å². The molecule has 0 atom stereocenters. The Hall–Kier alpha value is -6.36. The molecule has 0 fully saturated rings. The third-order valence-corrected chi connectivity index (χ3v) is 13.8. The highest BCUT2D eigenvalue weighted by molar-refractivity contribution is 7.23. The number of thiophene rings is 2. The lowest BCUT2D eigenvalue weighted by atomic mass is 10.1. The smallest absolute Gasteiger partial charge is 0.269 e. The van der Waals surface area contributed by atoms with Crippen molar-refractivity contribution in [1.82, 2.24) is 0 Å². The molecule has 0 unspecified atom stereocenters. The molecule has 0 N–H and O–H groups in total. The molecule has 0 aliphatic rings. The van der Waals surface area contributed by atoms with Crippen molar-refractivity contribution in [3.05, 3.63) is 173 Å². The fourth-order valence-electron chi connectivity index (χ4n) is 7.49. The van der Waals surface area contributed by atoms with Crippen LogP contribution >= 0.6 is 22.7 Å². The first-order valence-electron chi connectivity index (χ1n) is 23.4. The Bertz CT molecular complexity index is 2390. The summed E-state index contributed by atoms with van der Waals surface area (Å²) in [5, 5.41) is 22.7. The summed E-state index contributed by atoms with van der Waals surface area (Å²) in [6, 6.07) is 35.3. The zero-order valence-electron chi connectivity index (χ0n) is 38.7. The SMILES string of the molecule is CCCCN(CCCC)c1ccc(/C=C/c2cc(/C=C/c3ccc([N+](=O)[O-])cc3)c(-c3sc(/C=C/c4ccc(N(CCCC)CCCC)cc4)cc3/C=C/c3ccc([N+](=O)[O-])cc3)s2)cc1. The van der Waals surface area contributed by atoms with Crippen molar-refractivity contribution in [2.75, 3.05) is 36.0 Å². The minimum absolute atomic E-state index is 0.0546. The molecule has 0 spiro atoms. The van der Waals surface area contributed by atoms with Crippen LogP contribution in [0.3, 0.4) is 0 Å². The molecule has 10 heteroatoms. The Morgan fingerprint density at radius 2 is 0.712 bits per heavy atom. The molecule has 6 aromatic rings. The normalized spacial score (nSPS) is 11.8. The molecule has 0 radical (unpaired) electrons. The molecule has 0 bridgehead atoms. The second-order valence-electron chi connectivity index (χ2n) is 16.5. The quantitative estimate of drug-likeness (QED) is 0.0419. The van der Waals surface area contributed by atoms with Crippen LogP contribution < -0.4 is 9.80 Å². The Labute approximate surface area is 399 Å². The Kier molecular flexibility index (Phi) is 18.9. The molecule has 0 amide bonds. The highest BCUT2D eigenvalue weighted by Gasteiger charge is 2.16. The van der Waals surface area contributed by atoms with Gasteiger partial charge in [0.15, 0.2) is 0 Å². The fraction of sp³-hybridized carbons (Fsp3) is 0.286. The molecular weight excluding hydrogens is 857 g/mol. The van der Waals surface area contributed by atoms with Crippen molar-refractivity contribution in [3.8, 4) is 9.75 Å². The number of rotatable bonds is 25. The fourth-order valence-corrected chi connectivity index (χ4v) is 9.76. The van der Waals surface area contributed by atoms with Gasteiger partial charge < -0.3 is 9.80 Å². The number of nitro groups is 2. The monoisotopic (exact) mass is 918 g/mol. The number of nitrogens with zero attached hydrogens (tertiary/aromatic N) is 4. The summed E-state index contributed by atoms with van der Waals surface area (Å²) >= 11 is 3.44. The van der Waals surface area contributed by atoms with Gasteiger partial charge in [-0.05, 0) is 132 Å². The zero-order valence-corrected chi connectivity index (χ0v) is 40.4. The first-order valence-corrected chi connectivity index (χ1v) is 25.0. The van der Waals surface area contributed by atoms with E-state index in [1.807, 2.05) is 12.2 Å².